The van der Waals surface area contributed by atoms with Crippen molar-refractivity contribution in [1.29, 1.82) is 0 Å². The molecule has 1 aliphatic heterocycles. The highest BCUT2D eigenvalue weighted by molar-refractivity contribution is 5.92. The van der Waals surface area contributed by atoms with Gasteiger partial charge in [0.1, 0.15) is 0 Å². The SMILES string of the molecule is O=C(Nc1ccccc1)C1CCN(C(=O)NCCc2ccccn2)CC1. The fourth-order valence-electron chi connectivity index (χ4n) is 3.07. The average molecular weight is 352 g/mol. The van der Waals surface area contributed by atoms with Gasteiger partial charge in [0.25, 0.3) is 0 Å². The molecule has 26 heavy (non-hydrogen) atoms. The van der Waals surface area contributed by atoms with Gasteiger partial charge >= 0.3 is 6.03 Å². The maximum absolute atomic E-state index is 12.3. The van der Waals surface area contributed by atoms with Gasteiger partial charge < -0.3 is 15.5 Å². The molecule has 0 bridgehead atoms. The summed E-state index contributed by atoms with van der Waals surface area (Å²) in [6.07, 6.45) is 3.84. The number of carbonyl (C=O) groups excluding carboxylic acids is 2. The van der Waals surface area contributed by atoms with E-state index in [9.17, 15) is 9.59 Å². The first-order valence-corrected chi connectivity index (χ1v) is 9.01. The Morgan fingerprint density at radius 3 is 2.46 bits per heavy atom. The van der Waals surface area contributed by atoms with Crippen molar-refractivity contribution in [2.75, 3.05) is 25.0 Å². The van der Waals surface area contributed by atoms with Gasteiger partial charge in [-0.3, -0.25) is 9.78 Å². The second-order valence-electron chi connectivity index (χ2n) is 6.42. The maximum Gasteiger partial charge on any atom is 0.317 e. The Hall–Kier alpha value is -2.89. The van der Waals surface area contributed by atoms with Crippen LogP contribution in [0.25, 0.3) is 0 Å². The zero-order valence-corrected chi connectivity index (χ0v) is 14.7. The van der Waals surface area contributed by atoms with Crippen LogP contribution in [0.4, 0.5) is 10.5 Å². The number of carbonyl (C=O) groups is 2. The van der Waals surface area contributed by atoms with E-state index in [2.05, 4.69) is 15.6 Å². The molecule has 6 heteroatoms. The van der Waals surface area contributed by atoms with E-state index < -0.39 is 0 Å². The van der Waals surface area contributed by atoms with Gasteiger partial charge in [-0.05, 0) is 37.1 Å². The van der Waals surface area contributed by atoms with Gasteiger partial charge in [0.05, 0.1) is 0 Å². The van der Waals surface area contributed by atoms with Crippen LogP contribution in [0.15, 0.2) is 54.7 Å². The zero-order chi connectivity index (χ0) is 18.2. The van der Waals surface area contributed by atoms with Crippen molar-refractivity contribution in [3.63, 3.8) is 0 Å². The third-order valence-electron chi connectivity index (χ3n) is 4.58. The lowest BCUT2D eigenvalue weighted by atomic mass is 9.96. The molecule has 2 aromatic rings. The topological polar surface area (TPSA) is 74.3 Å². The number of hydrogen-bond donors (Lipinski definition) is 2. The van der Waals surface area contributed by atoms with Crippen molar-refractivity contribution in [2.45, 2.75) is 19.3 Å². The van der Waals surface area contributed by atoms with Crippen LogP contribution in [0.3, 0.4) is 0 Å². The van der Waals surface area contributed by atoms with Crippen LogP contribution in [-0.2, 0) is 11.2 Å². The van der Waals surface area contributed by atoms with Crippen molar-refractivity contribution in [2.24, 2.45) is 5.92 Å². The van der Waals surface area contributed by atoms with Gasteiger partial charge in [-0.15, -0.1) is 0 Å². The number of piperidine rings is 1. The van der Waals surface area contributed by atoms with Gasteiger partial charge in [0, 0.05) is 49.6 Å². The number of likely N-dealkylation sites (tertiary alicyclic amines) is 1. The van der Waals surface area contributed by atoms with Crippen LogP contribution >= 0.6 is 0 Å². The summed E-state index contributed by atoms with van der Waals surface area (Å²) in [5.74, 6) is -0.0146. The summed E-state index contributed by atoms with van der Waals surface area (Å²) >= 11 is 0. The molecule has 1 aromatic heterocycles. The average Bonchev–Trinajstić information content (AvgIpc) is 2.69. The Balaban J connectivity index is 1.38. The Labute approximate surface area is 153 Å². The second-order valence-corrected chi connectivity index (χ2v) is 6.42. The predicted molar refractivity (Wildman–Crippen MR) is 101 cm³/mol. The molecule has 2 heterocycles. The highest BCUT2D eigenvalue weighted by atomic mass is 16.2. The molecule has 1 saturated heterocycles. The molecule has 3 amide bonds. The minimum absolute atomic E-state index is 0.0337. The fourth-order valence-corrected chi connectivity index (χ4v) is 3.07. The first kappa shape index (κ1) is 17.9. The molecule has 136 valence electrons. The highest BCUT2D eigenvalue weighted by Crippen LogP contribution is 2.19. The molecule has 6 nitrogen and oxygen atoms in total. The van der Waals surface area contributed by atoms with Gasteiger partial charge in [0.15, 0.2) is 0 Å². The largest absolute Gasteiger partial charge is 0.338 e. The summed E-state index contributed by atoms with van der Waals surface area (Å²) < 4.78 is 0. The van der Waals surface area contributed by atoms with Crippen molar-refractivity contribution in [3.8, 4) is 0 Å². The molecule has 0 radical (unpaired) electrons. The molecule has 1 fully saturated rings. The molecule has 3 rings (SSSR count). The standard InChI is InChI=1S/C20H24N4O2/c25-19(23-18-7-2-1-3-8-18)16-10-14-24(15-11-16)20(26)22-13-9-17-6-4-5-12-21-17/h1-8,12,16H,9-11,13-15H2,(H,22,26)(H,23,25). The summed E-state index contributed by atoms with van der Waals surface area (Å²) in [4.78, 5) is 30.6. The van der Waals surface area contributed by atoms with E-state index in [1.807, 2.05) is 48.5 Å². The summed E-state index contributed by atoms with van der Waals surface area (Å²) in [5.41, 5.74) is 1.77. The second kappa shape index (κ2) is 8.99. The lowest BCUT2D eigenvalue weighted by molar-refractivity contribution is -0.121. The van der Waals surface area contributed by atoms with Crippen molar-refractivity contribution in [1.82, 2.24) is 15.2 Å². The highest BCUT2D eigenvalue weighted by Gasteiger charge is 2.27. The number of para-hydroxylation sites is 1. The molecule has 2 N–H and O–H groups in total. The van der Waals surface area contributed by atoms with E-state index in [4.69, 9.17) is 0 Å². The molecular weight excluding hydrogens is 328 g/mol. The molecule has 0 spiro atoms. The van der Waals surface area contributed by atoms with Gasteiger partial charge in [-0.1, -0.05) is 24.3 Å². The number of nitrogens with one attached hydrogen (secondary N) is 2. The smallest absolute Gasteiger partial charge is 0.317 e. The van der Waals surface area contributed by atoms with Crippen LogP contribution in [0.2, 0.25) is 0 Å². The first-order chi connectivity index (χ1) is 12.7. The van der Waals surface area contributed by atoms with Gasteiger partial charge in [-0.25, -0.2) is 4.79 Å². The molecule has 1 aliphatic rings. The molecule has 0 unspecified atom stereocenters. The van der Waals surface area contributed by atoms with Crippen molar-refractivity contribution in [3.05, 3.63) is 60.4 Å². The Morgan fingerprint density at radius 1 is 1.04 bits per heavy atom. The van der Waals surface area contributed by atoms with Gasteiger partial charge in [-0.2, -0.15) is 0 Å². The maximum atomic E-state index is 12.3. The van der Waals surface area contributed by atoms with Crippen LogP contribution in [0.1, 0.15) is 18.5 Å². The minimum Gasteiger partial charge on any atom is -0.338 e. The van der Waals surface area contributed by atoms with E-state index in [0.717, 1.165) is 11.4 Å². The lowest BCUT2D eigenvalue weighted by Gasteiger charge is -2.31. The number of amides is 3. The minimum atomic E-state index is -0.0668. The normalized spacial score (nSPS) is 14.7. The molecule has 1 aromatic carbocycles. The monoisotopic (exact) mass is 352 g/mol. The van der Waals surface area contributed by atoms with Crippen molar-refractivity contribution < 1.29 is 9.59 Å². The predicted octanol–water partition coefficient (Wildman–Crippen LogP) is 2.68. The zero-order valence-electron chi connectivity index (χ0n) is 14.7. The van der Waals surface area contributed by atoms with E-state index >= 15 is 0 Å². The lowest BCUT2D eigenvalue weighted by Crippen LogP contribution is -2.46. The number of anilines is 1. The summed E-state index contributed by atoms with van der Waals surface area (Å²) in [7, 11) is 0. The third-order valence-corrected chi connectivity index (χ3v) is 4.58. The number of urea groups is 1. The number of rotatable bonds is 5. The number of pyridine rings is 1. The van der Waals surface area contributed by atoms with Crippen LogP contribution in [-0.4, -0.2) is 41.5 Å². The molecule has 0 saturated carbocycles. The van der Waals surface area contributed by atoms with E-state index in [-0.39, 0.29) is 17.9 Å². The first-order valence-electron chi connectivity index (χ1n) is 9.01. The summed E-state index contributed by atoms with van der Waals surface area (Å²) in [6.45, 7) is 1.76. The quantitative estimate of drug-likeness (QED) is 0.869. The summed E-state index contributed by atoms with van der Waals surface area (Å²) in [6, 6.07) is 15.2. The number of hydrogen-bond acceptors (Lipinski definition) is 3. The van der Waals surface area contributed by atoms with Crippen LogP contribution in [0, 0.1) is 5.92 Å². The van der Waals surface area contributed by atoms with Crippen LogP contribution < -0.4 is 10.6 Å². The Bertz CT molecular complexity index is 713. The van der Waals surface area contributed by atoms with Crippen molar-refractivity contribution >= 4 is 17.6 Å². The fraction of sp³-hybridized carbons (Fsp3) is 0.350. The van der Waals surface area contributed by atoms with Crippen LogP contribution in [0.5, 0.6) is 0 Å². The van der Waals surface area contributed by atoms with Gasteiger partial charge in [0.2, 0.25) is 5.91 Å². The van der Waals surface area contributed by atoms with E-state index in [0.29, 0.717) is 38.9 Å². The molecule has 0 atom stereocenters. The number of benzene rings is 1. The molecular formula is C20H24N4O2. The molecule has 0 aliphatic carbocycles. The van der Waals surface area contributed by atoms with E-state index in [1.54, 1.807) is 11.1 Å². The number of aromatic nitrogens is 1. The number of nitrogens with zero attached hydrogens (tertiary/aromatic N) is 2. The summed E-state index contributed by atoms with van der Waals surface area (Å²) in [5, 5.41) is 5.87. The Kier molecular flexibility index (Phi) is 6.19. The third kappa shape index (κ3) is 5.05. The van der Waals surface area contributed by atoms with E-state index in [1.165, 1.54) is 0 Å². The Morgan fingerprint density at radius 2 is 1.77 bits per heavy atom.